The number of aryl methyl sites for hydroxylation is 1. The lowest BCUT2D eigenvalue weighted by Gasteiger charge is -2.27. The quantitative estimate of drug-likeness (QED) is 0.774. The third-order valence-electron chi connectivity index (χ3n) is 3.43. The lowest BCUT2D eigenvalue weighted by molar-refractivity contribution is -0.143. The standard InChI is InChI=1S/C13H19N3O4/c1-8-6-14-11(20-8)7-15-13(19)16-10-4-2-3-9(5-10)12(17)18/h6,9-10H,2-5,7H2,1H3,(H,17,18)(H2,15,16,19). The van der Waals surface area contributed by atoms with Crippen molar-refractivity contribution >= 4 is 12.0 Å². The van der Waals surface area contributed by atoms with Crippen LogP contribution in [0.3, 0.4) is 0 Å². The van der Waals surface area contributed by atoms with Crippen LogP contribution < -0.4 is 10.6 Å². The van der Waals surface area contributed by atoms with Crippen molar-refractivity contribution in [3.05, 3.63) is 17.8 Å². The smallest absolute Gasteiger partial charge is 0.315 e. The maximum atomic E-state index is 11.7. The molecule has 1 aromatic rings. The summed E-state index contributed by atoms with van der Waals surface area (Å²) in [6.07, 6.45) is 4.40. The van der Waals surface area contributed by atoms with Gasteiger partial charge >= 0.3 is 12.0 Å². The first kappa shape index (κ1) is 14.4. The number of nitrogens with zero attached hydrogens (tertiary/aromatic N) is 1. The van der Waals surface area contributed by atoms with Gasteiger partial charge in [0.25, 0.3) is 0 Å². The van der Waals surface area contributed by atoms with Crippen molar-refractivity contribution in [3.63, 3.8) is 0 Å². The van der Waals surface area contributed by atoms with Crippen LogP contribution in [0.5, 0.6) is 0 Å². The summed E-state index contributed by atoms with van der Waals surface area (Å²) < 4.78 is 5.24. The molecule has 110 valence electrons. The second kappa shape index (κ2) is 6.40. The number of carboxylic acid groups (broad SMARTS) is 1. The van der Waals surface area contributed by atoms with Crippen LogP contribution in [0.1, 0.15) is 37.3 Å². The molecule has 3 N–H and O–H groups in total. The fraction of sp³-hybridized carbons (Fsp3) is 0.615. The van der Waals surface area contributed by atoms with Crippen LogP contribution in [0.15, 0.2) is 10.6 Å². The SMILES string of the molecule is Cc1cnc(CNC(=O)NC2CCCC(C(=O)O)C2)o1. The molecule has 2 atom stereocenters. The van der Waals surface area contributed by atoms with Crippen LogP contribution in [-0.4, -0.2) is 28.1 Å². The number of nitrogens with one attached hydrogen (secondary N) is 2. The molecule has 0 bridgehead atoms. The predicted molar refractivity (Wildman–Crippen MR) is 70.0 cm³/mol. The molecule has 1 saturated carbocycles. The highest BCUT2D eigenvalue weighted by atomic mass is 16.4. The van der Waals surface area contributed by atoms with E-state index in [0.29, 0.717) is 24.5 Å². The summed E-state index contributed by atoms with van der Waals surface area (Å²) in [7, 11) is 0. The Morgan fingerprint density at radius 1 is 1.50 bits per heavy atom. The first-order valence-electron chi connectivity index (χ1n) is 6.73. The molecule has 0 radical (unpaired) electrons. The van der Waals surface area contributed by atoms with Crippen LogP contribution in [0.2, 0.25) is 0 Å². The maximum absolute atomic E-state index is 11.7. The number of urea groups is 1. The first-order valence-corrected chi connectivity index (χ1v) is 6.73. The minimum atomic E-state index is -0.785. The molecule has 20 heavy (non-hydrogen) atoms. The molecule has 0 aliphatic heterocycles. The number of oxazole rings is 1. The molecule has 1 fully saturated rings. The monoisotopic (exact) mass is 281 g/mol. The number of amides is 2. The highest BCUT2D eigenvalue weighted by molar-refractivity contribution is 5.74. The summed E-state index contributed by atoms with van der Waals surface area (Å²) in [4.78, 5) is 26.7. The van der Waals surface area contributed by atoms with Gasteiger partial charge in [0, 0.05) is 6.04 Å². The largest absolute Gasteiger partial charge is 0.481 e. The molecule has 7 nitrogen and oxygen atoms in total. The molecule has 2 rings (SSSR count). The minimum absolute atomic E-state index is 0.0869. The Labute approximate surface area is 116 Å². The van der Waals surface area contributed by atoms with Gasteiger partial charge in [0.1, 0.15) is 5.76 Å². The van der Waals surface area contributed by atoms with Crippen LogP contribution in [0.25, 0.3) is 0 Å². The molecule has 0 spiro atoms. The minimum Gasteiger partial charge on any atom is -0.481 e. The first-order chi connectivity index (χ1) is 9.54. The Morgan fingerprint density at radius 2 is 2.30 bits per heavy atom. The summed E-state index contributed by atoms with van der Waals surface area (Å²) in [6, 6.07) is -0.409. The van der Waals surface area contributed by atoms with E-state index in [1.54, 1.807) is 13.1 Å². The molecule has 1 aliphatic carbocycles. The zero-order chi connectivity index (χ0) is 14.5. The molecule has 0 saturated heterocycles. The van der Waals surface area contributed by atoms with Gasteiger partial charge < -0.3 is 20.2 Å². The van der Waals surface area contributed by atoms with Gasteiger partial charge in [0.2, 0.25) is 5.89 Å². The number of carboxylic acids is 1. The number of carbonyl (C=O) groups excluding carboxylic acids is 1. The number of hydrogen-bond donors (Lipinski definition) is 3. The van der Waals surface area contributed by atoms with Crippen LogP contribution in [0.4, 0.5) is 4.79 Å². The van der Waals surface area contributed by atoms with Gasteiger partial charge in [-0.1, -0.05) is 6.42 Å². The molecule has 1 aliphatic rings. The third-order valence-corrected chi connectivity index (χ3v) is 3.43. The lowest BCUT2D eigenvalue weighted by Crippen LogP contribution is -2.44. The molecule has 7 heteroatoms. The van der Waals surface area contributed by atoms with E-state index in [0.717, 1.165) is 12.8 Å². The van der Waals surface area contributed by atoms with Crippen LogP contribution >= 0.6 is 0 Å². The highest BCUT2D eigenvalue weighted by Gasteiger charge is 2.27. The van der Waals surface area contributed by atoms with E-state index in [2.05, 4.69) is 15.6 Å². The van der Waals surface area contributed by atoms with Gasteiger partial charge in [-0.05, 0) is 26.2 Å². The molecule has 2 amide bonds. The van der Waals surface area contributed by atoms with Crippen LogP contribution in [0, 0.1) is 12.8 Å². The molecule has 1 heterocycles. The number of rotatable bonds is 4. The number of hydrogen-bond acceptors (Lipinski definition) is 4. The van der Waals surface area contributed by atoms with Crippen molar-refractivity contribution in [2.24, 2.45) is 5.92 Å². The predicted octanol–water partition coefficient (Wildman–Crippen LogP) is 1.43. The van der Waals surface area contributed by atoms with Gasteiger partial charge in [-0.2, -0.15) is 0 Å². The Morgan fingerprint density at radius 3 is 2.95 bits per heavy atom. The molecular formula is C13H19N3O4. The van der Waals surface area contributed by atoms with Crippen molar-refractivity contribution in [1.29, 1.82) is 0 Å². The summed E-state index contributed by atoms with van der Waals surface area (Å²) >= 11 is 0. The van der Waals surface area contributed by atoms with E-state index in [-0.39, 0.29) is 24.5 Å². The molecule has 1 aromatic heterocycles. The van der Waals surface area contributed by atoms with Crippen molar-refractivity contribution < 1.29 is 19.1 Å². The van der Waals surface area contributed by atoms with E-state index < -0.39 is 5.97 Å². The van der Waals surface area contributed by atoms with E-state index in [9.17, 15) is 9.59 Å². The Kier molecular flexibility index (Phi) is 4.60. The highest BCUT2D eigenvalue weighted by Crippen LogP contribution is 2.24. The van der Waals surface area contributed by atoms with Crippen molar-refractivity contribution in [2.45, 2.75) is 45.2 Å². The lowest BCUT2D eigenvalue weighted by atomic mass is 9.86. The summed E-state index contributed by atoms with van der Waals surface area (Å²) in [5.74, 6) is -0.000829. The fourth-order valence-electron chi connectivity index (χ4n) is 2.42. The Balaban J connectivity index is 1.75. The van der Waals surface area contributed by atoms with E-state index in [1.807, 2.05) is 0 Å². The van der Waals surface area contributed by atoms with Gasteiger partial charge in [-0.15, -0.1) is 0 Å². The second-order valence-corrected chi connectivity index (χ2v) is 5.09. The molecule has 2 unspecified atom stereocenters. The fourth-order valence-corrected chi connectivity index (χ4v) is 2.42. The molecule has 0 aromatic carbocycles. The second-order valence-electron chi connectivity index (χ2n) is 5.09. The third kappa shape index (κ3) is 3.97. The van der Waals surface area contributed by atoms with E-state index >= 15 is 0 Å². The van der Waals surface area contributed by atoms with Crippen LogP contribution in [-0.2, 0) is 11.3 Å². The Hall–Kier alpha value is -2.05. The van der Waals surface area contributed by atoms with Crippen molar-refractivity contribution in [2.75, 3.05) is 0 Å². The number of carbonyl (C=O) groups is 2. The van der Waals surface area contributed by atoms with Crippen molar-refractivity contribution in [3.8, 4) is 0 Å². The van der Waals surface area contributed by atoms with Gasteiger partial charge in [0.15, 0.2) is 0 Å². The summed E-state index contributed by atoms with van der Waals surface area (Å²) in [5, 5.41) is 14.4. The normalized spacial score (nSPS) is 22.2. The number of aliphatic carboxylic acids is 1. The average Bonchev–Trinajstić information content (AvgIpc) is 2.82. The summed E-state index contributed by atoms with van der Waals surface area (Å²) in [6.45, 7) is 2.00. The summed E-state index contributed by atoms with van der Waals surface area (Å²) in [5.41, 5.74) is 0. The van der Waals surface area contributed by atoms with Gasteiger partial charge in [-0.3, -0.25) is 4.79 Å². The van der Waals surface area contributed by atoms with Gasteiger partial charge in [0.05, 0.1) is 18.7 Å². The zero-order valence-corrected chi connectivity index (χ0v) is 11.4. The van der Waals surface area contributed by atoms with Crippen molar-refractivity contribution in [1.82, 2.24) is 15.6 Å². The zero-order valence-electron chi connectivity index (χ0n) is 11.4. The number of aromatic nitrogens is 1. The Bertz CT molecular complexity index is 486. The average molecular weight is 281 g/mol. The maximum Gasteiger partial charge on any atom is 0.315 e. The van der Waals surface area contributed by atoms with Gasteiger partial charge in [-0.25, -0.2) is 9.78 Å². The topological polar surface area (TPSA) is 104 Å². The van der Waals surface area contributed by atoms with E-state index in [4.69, 9.17) is 9.52 Å². The van der Waals surface area contributed by atoms with E-state index in [1.165, 1.54) is 0 Å². The molecular weight excluding hydrogens is 262 g/mol.